The molecule has 2 aliphatic heterocycles. The summed E-state index contributed by atoms with van der Waals surface area (Å²) in [6.07, 6.45) is 0.166. The molecule has 2 amide bonds. The first-order valence-corrected chi connectivity index (χ1v) is 9.64. The number of nitrogens with one attached hydrogen (secondary N) is 1. The van der Waals surface area contributed by atoms with E-state index in [0.717, 1.165) is 9.78 Å². The van der Waals surface area contributed by atoms with E-state index in [-0.39, 0.29) is 59.9 Å². The summed E-state index contributed by atoms with van der Waals surface area (Å²) in [5, 5.41) is 15.5. The minimum Gasteiger partial charge on any atom is -0.543 e. The molecule has 1 saturated heterocycles. The zero-order valence-corrected chi connectivity index (χ0v) is 18.4. The number of nitrogens with zero attached hydrogens (tertiary/aromatic N) is 1. The van der Waals surface area contributed by atoms with Crippen LogP contribution in [0.4, 0.5) is 0 Å². The summed E-state index contributed by atoms with van der Waals surface area (Å²) in [6.45, 7) is 1.00. The molecule has 138 valence electrons. The molecule has 0 aliphatic carbocycles. The van der Waals surface area contributed by atoms with Crippen molar-refractivity contribution in [1.82, 2.24) is 10.2 Å². The molecule has 0 unspecified atom stereocenters. The van der Waals surface area contributed by atoms with Crippen molar-refractivity contribution in [3.05, 3.63) is 33.7 Å². The Morgan fingerprint density at radius 3 is 2.74 bits per heavy atom. The average molecular weight is 418 g/mol. The van der Waals surface area contributed by atoms with Crippen molar-refractivity contribution in [2.45, 2.75) is 24.8 Å². The monoisotopic (exact) mass is 418 g/mol. The van der Waals surface area contributed by atoms with E-state index in [1.165, 1.54) is 30.0 Å². The summed E-state index contributed by atoms with van der Waals surface area (Å²) < 4.78 is 4.85. The topological polar surface area (TPSA) is 116 Å². The Morgan fingerprint density at radius 2 is 2.15 bits per heavy atom. The number of aliphatic carboxylic acids is 1. The smallest absolute Gasteiger partial charge is 0.543 e. The third-order valence-corrected chi connectivity index (χ3v) is 6.14. The number of esters is 1. The zero-order chi connectivity index (χ0) is 18.8. The summed E-state index contributed by atoms with van der Waals surface area (Å²) in [5.74, 6) is -2.59. The molecule has 2 aliphatic rings. The van der Waals surface area contributed by atoms with E-state index in [2.05, 4.69) is 5.32 Å². The van der Waals surface area contributed by atoms with E-state index in [9.17, 15) is 24.3 Å². The fourth-order valence-electron chi connectivity index (χ4n) is 2.77. The van der Waals surface area contributed by atoms with Gasteiger partial charge in [0.2, 0.25) is 5.91 Å². The first-order valence-electron chi connectivity index (χ1n) is 7.71. The van der Waals surface area contributed by atoms with Gasteiger partial charge in [-0.15, -0.1) is 23.1 Å². The van der Waals surface area contributed by atoms with Crippen LogP contribution in [0.25, 0.3) is 0 Å². The van der Waals surface area contributed by atoms with E-state index in [4.69, 9.17) is 4.74 Å². The molecule has 0 bridgehead atoms. The Morgan fingerprint density at radius 1 is 1.41 bits per heavy atom. The predicted octanol–water partition coefficient (Wildman–Crippen LogP) is -3.74. The molecular weight excluding hydrogens is 403 g/mol. The van der Waals surface area contributed by atoms with Crippen LogP contribution in [0, 0.1) is 0 Å². The molecule has 1 N–H and O–H groups in total. The number of carbonyl (C=O) groups excluding carboxylic acids is 4. The predicted molar refractivity (Wildman–Crippen MR) is 91.7 cm³/mol. The number of hydrogen-bond acceptors (Lipinski definition) is 8. The number of amides is 2. The van der Waals surface area contributed by atoms with Crippen molar-refractivity contribution in [2.75, 3.05) is 12.4 Å². The van der Waals surface area contributed by atoms with E-state index >= 15 is 0 Å². The van der Waals surface area contributed by atoms with Gasteiger partial charge in [-0.05, 0) is 11.4 Å². The third-order valence-electron chi connectivity index (χ3n) is 3.92. The second kappa shape index (κ2) is 9.24. The van der Waals surface area contributed by atoms with Crippen LogP contribution in [0.15, 0.2) is 28.8 Å². The summed E-state index contributed by atoms with van der Waals surface area (Å²) >= 11 is 2.75. The molecule has 27 heavy (non-hydrogen) atoms. The van der Waals surface area contributed by atoms with Crippen LogP contribution < -0.4 is 40.0 Å². The molecule has 0 spiro atoms. The number of carbonyl (C=O) groups is 4. The number of β-lactam (4-membered cyclic amide) rings is 1. The number of thioether (sulfide) groups is 1. The Kier molecular flexibility index (Phi) is 7.52. The SMILES string of the molecule is CC(=O)OCC1=C(C(=O)[O-])N2C(=O)[C@H](NC(=O)Cc3cccs3)[C@H]2SC1.[Na+]. The zero-order valence-electron chi connectivity index (χ0n) is 14.7. The quantitative estimate of drug-likeness (QED) is 0.287. The van der Waals surface area contributed by atoms with Crippen molar-refractivity contribution in [3.63, 3.8) is 0 Å². The third kappa shape index (κ3) is 4.75. The Labute approximate surface area is 185 Å². The first-order chi connectivity index (χ1) is 12.4. The van der Waals surface area contributed by atoms with Crippen LogP contribution in [0.1, 0.15) is 11.8 Å². The largest absolute Gasteiger partial charge is 1.00 e. The van der Waals surface area contributed by atoms with Gasteiger partial charge >= 0.3 is 35.5 Å². The number of ether oxygens (including phenoxy) is 1. The molecule has 0 radical (unpaired) electrons. The van der Waals surface area contributed by atoms with Gasteiger partial charge in [-0.3, -0.25) is 19.3 Å². The molecule has 1 aromatic rings. The van der Waals surface area contributed by atoms with Crippen LogP contribution in [-0.4, -0.2) is 52.4 Å². The van der Waals surface area contributed by atoms with Crippen molar-refractivity contribution in [3.8, 4) is 0 Å². The number of carboxylic acid groups (broad SMARTS) is 1. The van der Waals surface area contributed by atoms with Crippen LogP contribution in [0.3, 0.4) is 0 Å². The molecule has 3 rings (SSSR count). The number of hydrogen-bond donors (Lipinski definition) is 1. The van der Waals surface area contributed by atoms with Gasteiger partial charge < -0.3 is 20.0 Å². The van der Waals surface area contributed by atoms with Gasteiger partial charge in [-0.1, -0.05) is 6.07 Å². The van der Waals surface area contributed by atoms with Gasteiger partial charge in [0, 0.05) is 23.1 Å². The summed E-state index contributed by atoms with van der Waals surface area (Å²) in [7, 11) is 0. The number of fused-ring (bicyclic) bond motifs is 1. The standard InChI is InChI=1S/C16H16N2O6S2.Na/c1-8(19)24-6-9-7-26-15-12(14(21)18(15)13(9)16(22)23)17-11(20)5-10-3-2-4-25-10;/h2-4,12,15H,5-7H2,1H3,(H,17,20)(H,22,23);/q;+1/p-1/t12-,15+;/m0./s1. The minimum absolute atomic E-state index is 0. The fraction of sp³-hybridized carbons (Fsp3) is 0.375. The van der Waals surface area contributed by atoms with Gasteiger partial charge in [0.25, 0.3) is 5.91 Å². The maximum atomic E-state index is 12.4. The van der Waals surface area contributed by atoms with Gasteiger partial charge in [0.15, 0.2) is 0 Å². The van der Waals surface area contributed by atoms with Crippen LogP contribution in [-0.2, 0) is 30.3 Å². The number of thiophene rings is 1. The first kappa shape index (κ1) is 22.0. The normalized spacial score (nSPS) is 20.9. The Bertz CT molecular complexity index is 795. The van der Waals surface area contributed by atoms with Crippen molar-refractivity contribution >= 4 is 46.9 Å². The summed E-state index contributed by atoms with van der Waals surface area (Å²) in [5.41, 5.74) is 0.0296. The Hall–Kier alpha value is -1.33. The van der Waals surface area contributed by atoms with Gasteiger partial charge in [-0.25, -0.2) is 0 Å². The second-order valence-corrected chi connectivity index (χ2v) is 7.87. The van der Waals surface area contributed by atoms with Crippen LogP contribution >= 0.6 is 23.1 Å². The second-order valence-electron chi connectivity index (χ2n) is 5.73. The molecule has 0 aromatic carbocycles. The van der Waals surface area contributed by atoms with Crippen molar-refractivity contribution in [1.29, 1.82) is 0 Å². The minimum atomic E-state index is -1.51. The summed E-state index contributed by atoms with van der Waals surface area (Å²) in [6, 6.07) is 2.88. The number of carboxylic acids is 1. The maximum absolute atomic E-state index is 12.4. The molecule has 1 aromatic heterocycles. The summed E-state index contributed by atoms with van der Waals surface area (Å²) in [4.78, 5) is 48.9. The van der Waals surface area contributed by atoms with Crippen molar-refractivity contribution in [2.24, 2.45) is 0 Å². The van der Waals surface area contributed by atoms with E-state index in [0.29, 0.717) is 5.57 Å². The van der Waals surface area contributed by atoms with Crippen LogP contribution in [0.5, 0.6) is 0 Å². The van der Waals surface area contributed by atoms with E-state index < -0.39 is 29.3 Å². The molecule has 1 fully saturated rings. The molecule has 11 heteroatoms. The van der Waals surface area contributed by atoms with Gasteiger partial charge in [0.1, 0.15) is 18.0 Å². The molecule has 2 atom stereocenters. The molecular formula is C16H15N2NaO6S2. The maximum Gasteiger partial charge on any atom is 1.00 e. The molecule has 0 saturated carbocycles. The number of rotatable bonds is 6. The molecule has 3 heterocycles. The average Bonchev–Trinajstić information content (AvgIpc) is 3.09. The Balaban J connectivity index is 0.00000261. The van der Waals surface area contributed by atoms with E-state index in [1.807, 2.05) is 17.5 Å². The van der Waals surface area contributed by atoms with Crippen LogP contribution in [0.2, 0.25) is 0 Å². The fourth-order valence-corrected chi connectivity index (χ4v) is 4.80. The van der Waals surface area contributed by atoms with E-state index in [1.54, 1.807) is 0 Å². The van der Waals surface area contributed by atoms with Gasteiger partial charge in [-0.2, -0.15) is 0 Å². The van der Waals surface area contributed by atoms with Crippen molar-refractivity contribution < 1.29 is 58.6 Å². The molecule has 8 nitrogen and oxygen atoms in total. The van der Waals surface area contributed by atoms with Gasteiger partial charge in [0.05, 0.1) is 18.1 Å².